The zero-order valence-corrected chi connectivity index (χ0v) is 8.67. The van der Waals surface area contributed by atoms with Gasteiger partial charge < -0.3 is 15.7 Å². The van der Waals surface area contributed by atoms with Crippen molar-refractivity contribution < 1.29 is 5.11 Å². The first kappa shape index (κ1) is 10.7. The Balaban J connectivity index is 2.88. The van der Waals surface area contributed by atoms with Gasteiger partial charge in [-0.2, -0.15) is 0 Å². The average Bonchev–Trinajstić information content (AvgIpc) is 2.19. The van der Waals surface area contributed by atoms with Crippen LogP contribution in [0.5, 0.6) is 0 Å². The Morgan fingerprint density at radius 2 is 2.21 bits per heavy atom. The second-order valence-electron chi connectivity index (χ2n) is 3.18. The van der Waals surface area contributed by atoms with Crippen LogP contribution >= 0.6 is 0 Å². The Labute approximate surface area is 85.2 Å². The molecule has 0 unspecified atom stereocenters. The predicted molar refractivity (Wildman–Crippen MR) is 58.2 cm³/mol. The van der Waals surface area contributed by atoms with Gasteiger partial charge >= 0.3 is 0 Å². The summed E-state index contributed by atoms with van der Waals surface area (Å²) in [6.45, 7) is 5.58. The first-order chi connectivity index (χ1) is 6.69. The van der Waals surface area contributed by atoms with Crippen LogP contribution in [0.2, 0.25) is 0 Å². The molecule has 0 saturated heterocycles. The van der Waals surface area contributed by atoms with Gasteiger partial charge in [0.1, 0.15) is 0 Å². The number of aliphatic hydroxyl groups is 1. The van der Waals surface area contributed by atoms with E-state index in [1.807, 2.05) is 24.8 Å². The second kappa shape index (κ2) is 4.73. The van der Waals surface area contributed by atoms with Crippen molar-refractivity contribution in [2.24, 2.45) is 0 Å². The molecule has 0 aliphatic carbocycles. The van der Waals surface area contributed by atoms with Crippen LogP contribution in [0.3, 0.4) is 0 Å². The number of aryl methyl sites for hydroxylation is 1. The van der Waals surface area contributed by atoms with Crippen LogP contribution in [0.15, 0.2) is 6.07 Å². The molecule has 0 saturated carbocycles. The third-order valence-corrected chi connectivity index (χ3v) is 2.20. The minimum Gasteiger partial charge on any atom is -0.395 e. The molecule has 76 valence electrons. The van der Waals surface area contributed by atoms with Crippen molar-refractivity contribution in [3.05, 3.63) is 23.8 Å². The molecule has 1 aromatic rings. The highest BCUT2D eigenvalue weighted by atomic mass is 16.3. The predicted octanol–water partition coefficient (Wildman–Crippen LogP) is 0.996. The lowest BCUT2D eigenvalue weighted by molar-refractivity contribution is 0.302. The smallest absolute Gasteiger partial charge is 0.0888 e. The molecule has 0 atom stereocenters. The van der Waals surface area contributed by atoms with Gasteiger partial charge in [0.05, 0.1) is 18.0 Å². The fourth-order valence-corrected chi connectivity index (χ4v) is 1.29. The first-order valence-electron chi connectivity index (χ1n) is 4.75. The van der Waals surface area contributed by atoms with E-state index >= 15 is 0 Å². The molecule has 1 aromatic carbocycles. The van der Waals surface area contributed by atoms with Crippen LogP contribution < -0.4 is 10.6 Å². The van der Waals surface area contributed by atoms with Crippen LogP contribution in [0.1, 0.15) is 12.5 Å². The monoisotopic (exact) mass is 192 g/mol. The molecule has 1 rings (SSSR count). The zero-order chi connectivity index (χ0) is 10.6. The van der Waals surface area contributed by atoms with Gasteiger partial charge in [-0.15, -0.1) is 0 Å². The number of aliphatic hydroxyl groups excluding tert-OH is 1. The lowest BCUT2D eigenvalue weighted by Gasteiger charge is -2.20. The Morgan fingerprint density at radius 1 is 1.50 bits per heavy atom. The van der Waals surface area contributed by atoms with Crippen molar-refractivity contribution in [3.8, 4) is 0 Å². The Kier molecular flexibility index (Phi) is 3.61. The zero-order valence-electron chi connectivity index (χ0n) is 8.67. The van der Waals surface area contributed by atoms with Crippen molar-refractivity contribution in [1.29, 1.82) is 0 Å². The Hall–Kier alpha value is -1.40. The number of nitrogen functional groups attached to an aromatic ring is 1. The second-order valence-corrected chi connectivity index (χ2v) is 3.18. The van der Waals surface area contributed by atoms with Gasteiger partial charge in [-0.3, -0.25) is 0 Å². The largest absolute Gasteiger partial charge is 0.395 e. The number of likely N-dealkylation sites (N-methyl/N-ethyl adjacent to an activating group) is 1. The van der Waals surface area contributed by atoms with Crippen molar-refractivity contribution in [3.63, 3.8) is 0 Å². The van der Waals surface area contributed by atoms with E-state index in [1.165, 1.54) is 0 Å². The molecule has 0 bridgehead atoms. The van der Waals surface area contributed by atoms with E-state index in [2.05, 4.69) is 12.1 Å². The summed E-state index contributed by atoms with van der Waals surface area (Å²) in [5.74, 6) is 0. The van der Waals surface area contributed by atoms with E-state index in [4.69, 9.17) is 10.8 Å². The highest BCUT2D eigenvalue weighted by molar-refractivity contribution is 5.53. The maximum Gasteiger partial charge on any atom is 0.0888 e. The molecule has 0 heterocycles. The molecule has 0 aliphatic heterocycles. The van der Waals surface area contributed by atoms with Gasteiger partial charge in [0.25, 0.3) is 0 Å². The number of hydrogen-bond donors (Lipinski definition) is 2. The maximum atomic E-state index is 8.86. The van der Waals surface area contributed by atoms with Crippen molar-refractivity contribution >= 4 is 11.4 Å². The third kappa shape index (κ3) is 2.30. The van der Waals surface area contributed by atoms with Crippen molar-refractivity contribution in [1.82, 2.24) is 0 Å². The van der Waals surface area contributed by atoms with Crippen LogP contribution in [0, 0.1) is 19.1 Å². The molecule has 3 nitrogen and oxygen atoms in total. The standard InChI is InChI=1S/C11H16N2O/c1-3-13(6-7-14)10-4-5-11(12)9(2)8-10/h8,14H,3,6-7,12H2,1-2H3. The molecule has 3 N–H and O–H groups in total. The minimum atomic E-state index is 0.144. The molecule has 0 fully saturated rings. The molecular weight excluding hydrogens is 176 g/mol. The normalized spacial score (nSPS) is 9.64. The summed E-state index contributed by atoms with van der Waals surface area (Å²) < 4.78 is 0. The summed E-state index contributed by atoms with van der Waals surface area (Å²) in [4.78, 5) is 2.03. The lowest BCUT2D eigenvalue weighted by atomic mass is 10.2. The van der Waals surface area contributed by atoms with Gasteiger partial charge in [0.2, 0.25) is 0 Å². The summed E-state index contributed by atoms with van der Waals surface area (Å²) in [7, 11) is 0. The van der Waals surface area contributed by atoms with E-state index in [1.54, 1.807) is 0 Å². The molecule has 0 amide bonds. The van der Waals surface area contributed by atoms with Crippen molar-refractivity contribution in [2.45, 2.75) is 13.8 Å². The highest BCUT2D eigenvalue weighted by Crippen LogP contribution is 2.15. The summed E-state index contributed by atoms with van der Waals surface area (Å²) in [5.41, 5.74) is 8.22. The number of nitrogens with two attached hydrogens (primary N) is 1. The average molecular weight is 192 g/mol. The first-order valence-corrected chi connectivity index (χ1v) is 4.75. The fraction of sp³-hybridized carbons (Fsp3) is 0.455. The van der Waals surface area contributed by atoms with E-state index in [-0.39, 0.29) is 6.61 Å². The molecular formula is C11H16N2O. The van der Waals surface area contributed by atoms with Crippen LogP contribution in [-0.4, -0.2) is 24.8 Å². The summed E-state index contributed by atoms with van der Waals surface area (Å²) in [5, 5.41) is 8.86. The van der Waals surface area contributed by atoms with Gasteiger partial charge in [-0.1, -0.05) is 0 Å². The summed E-state index contributed by atoms with van der Waals surface area (Å²) in [6.07, 6.45) is 0. The number of anilines is 2. The van der Waals surface area contributed by atoms with Gasteiger partial charge in [-0.25, -0.2) is 0 Å². The molecule has 0 aromatic heterocycles. The topological polar surface area (TPSA) is 49.5 Å². The quantitative estimate of drug-likeness (QED) is 0.748. The van der Waals surface area contributed by atoms with E-state index in [0.29, 0.717) is 12.2 Å². The maximum absolute atomic E-state index is 8.86. The van der Waals surface area contributed by atoms with Crippen molar-refractivity contribution in [2.75, 3.05) is 30.3 Å². The molecule has 0 spiro atoms. The van der Waals surface area contributed by atoms with E-state index in [0.717, 1.165) is 17.8 Å². The fourth-order valence-electron chi connectivity index (χ4n) is 1.29. The highest BCUT2D eigenvalue weighted by Gasteiger charge is 2.03. The molecule has 14 heavy (non-hydrogen) atoms. The van der Waals surface area contributed by atoms with Crippen LogP contribution in [0.25, 0.3) is 0 Å². The van der Waals surface area contributed by atoms with Gasteiger partial charge in [-0.05, 0) is 37.6 Å². The lowest BCUT2D eigenvalue weighted by Crippen LogP contribution is -2.25. The summed E-state index contributed by atoms with van der Waals surface area (Å²) in [6, 6.07) is 7.81. The Morgan fingerprint density at radius 3 is 2.71 bits per heavy atom. The van der Waals surface area contributed by atoms with E-state index < -0.39 is 0 Å². The van der Waals surface area contributed by atoms with Crippen LogP contribution in [0.4, 0.5) is 11.4 Å². The number of rotatable bonds is 4. The van der Waals surface area contributed by atoms with Gasteiger partial charge in [0, 0.05) is 13.1 Å². The molecule has 0 radical (unpaired) electrons. The summed E-state index contributed by atoms with van der Waals surface area (Å²) >= 11 is 0. The minimum absolute atomic E-state index is 0.144. The van der Waals surface area contributed by atoms with E-state index in [9.17, 15) is 0 Å². The SMILES string of the molecule is CCN(CCO)c1c#cc(N)c(C)c1. The van der Waals surface area contributed by atoms with Crippen LogP contribution in [-0.2, 0) is 0 Å². The Bertz CT molecular complexity index is 299. The third-order valence-electron chi connectivity index (χ3n) is 2.20. The van der Waals surface area contributed by atoms with Gasteiger partial charge in [0.15, 0.2) is 0 Å². The molecule has 0 aliphatic rings. The molecule has 3 heteroatoms. The number of nitrogens with zero attached hydrogens (tertiary/aromatic N) is 1. The number of hydrogen-bond acceptors (Lipinski definition) is 3.